The second-order valence-corrected chi connectivity index (χ2v) is 6.63. The van der Waals surface area contributed by atoms with Crippen molar-refractivity contribution in [2.45, 2.75) is 29.5 Å². The number of aryl methyl sites for hydroxylation is 1. The van der Waals surface area contributed by atoms with Crippen molar-refractivity contribution in [2.24, 2.45) is 5.73 Å². The van der Waals surface area contributed by atoms with Gasteiger partial charge >= 0.3 is 0 Å². The molecule has 0 aliphatic rings. The number of thioether (sulfide) groups is 1. The summed E-state index contributed by atoms with van der Waals surface area (Å²) in [6, 6.07) is 7.82. The summed E-state index contributed by atoms with van der Waals surface area (Å²) in [5, 5.41) is 0.897. The van der Waals surface area contributed by atoms with E-state index in [4.69, 9.17) is 17.3 Å². The smallest absolute Gasteiger partial charge is 0.170 e. The summed E-state index contributed by atoms with van der Waals surface area (Å²) in [7, 11) is 0. The fraction of sp³-hybridized carbons (Fsp3) is 0.333. The van der Waals surface area contributed by atoms with Crippen LogP contribution < -0.4 is 5.73 Å². The maximum Gasteiger partial charge on any atom is 0.170 e. The van der Waals surface area contributed by atoms with Crippen LogP contribution in [0.3, 0.4) is 0 Å². The van der Waals surface area contributed by atoms with Crippen LogP contribution in [0.15, 0.2) is 28.6 Å². The van der Waals surface area contributed by atoms with Crippen LogP contribution in [-0.4, -0.2) is 15.4 Å². The number of halogens is 1. The Morgan fingerprint density at radius 3 is 2.50 bits per heavy atom. The van der Waals surface area contributed by atoms with Gasteiger partial charge in [0.2, 0.25) is 0 Å². The van der Waals surface area contributed by atoms with Gasteiger partial charge in [0.15, 0.2) is 4.34 Å². The third kappa shape index (κ3) is 3.45. The molecule has 0 saturated heterocycles. The summed E-state index contributed by atoms with van der Waals surface area (Å²) in [5.41, 5.74) is 7.22. The van der Waals surface area contributed by atoms with Crippen molar-refractivity contribution in [3.8, 4) is 0 Å². The molecule has 1 aromatic heterocycles. The Labute approximate surface area is 120 Å². The molecule has 0 fully saturated rings. The molecule has 0 aliphatic carbocycles. The van der Waals surface area contributed by atoms with Gasteiger partial charge in [0.1, 0.15) is 5.82 Å². The Morgan fingerprint density at radius 2 is 2.00 bits per heavy atom. The molecule has 2 unspecified atom stereocenters. The molecule has 6 heteroatoms. The molecule has 3 nitrogen and oxygen atoms in total. The van der Waals surface area contributed by atoms with Gasteiger partial charge in [0.25, 0.3) is 0 Å². The molecule has 1 aromatic carbocycles. The number of aromatic nitrogens is 2. The van der Waals surface area contributed by atoms with Crippen molar-refractivity contribution < 1.29 is 0 Å². The molecule has 0 aliphatic heterocycles. The summed E-state index contributed by atoms with van der Waals surface area (Å²) < 4.78 is 5.13. The van der Waals surface area contributed by atoms with Crippen LogP contribution in [0.2, 0.25) is 5.02 Å². The third-order valence-electron chi connectivity index (χ3n) is 2.41. The maximum absolute atomic E-state index is 6.06. The zero-order valence-corrected chi connectivity index (χ0v) is 12.5. The van der Waals surface area contributed by atoms with E-state index in [1.807, 2.05) is 38.1 Å². The first kappa shape index (κ1) is 13.8. The molecule has 2 N–H and O–H groups in total. The van der Waals surface area contributed by atoms with Gasteiger partial charge < -0.3 is 5.73 Å². The van der Waals surface area contributed by atoms with E-state index in [1.54, 1.807) is 11.8 Å². The minimum absolute atomic E-state index is 0.0281. The summed E-state index contributed by atoms with van der Waals surface area (Å²) in [6.45, 7) is 3.89. The van der Waals surface area contributed by atoms with E-state index in [-0.39, 0.29) is 11.3 Å². The number of nitrogens with two attached hydrogens (primary N) is 1. The van der Waals surface area contributed by atoms with Crippen LogP contribution in [0.25, 0.3) is 0 Å². The summed E-state index contributed by atoms with van der Waals surface area (Å²) in [6.07, 6.45) is 0. The quantitative estimate of drug-likeness (QED) is 0.875. The normalized spacial score (nSPS) is 14.4. The Hall–Kier alpha value is -0.620. The molecular formula is C12H14ClN3S2. The molecule has 18 heavy (non-hydrogen) atoms. The van der Waals surface area contributed by atoms with Crippen LogP contribution in [0.1, 0.15) is 23.6 Å². The molecule has 96 valence electrons. The van der Waals surface area contributed by atoms with Crippen LogP contribution in [0.5, 0.6) is 0 Å². The summed E-state index contributed by atoms with van der Waals surface area (Å²) >= 11 is 8.97. The van der Waals surface area contributed by atoms with Gasteiger partial charge in [0.05, 0.1) is 5.25 Å². The first-order valence-electron chi connectivity index (χ1n) is 5.54. The van der Waals surface area contributed by atoms with Gasteiger partial charge in [-0.15, -0.1) is 0 Å². The number of hydrogen-bond acceptors (Lipinski definition) is 5. The minimum atomic E-state index is 0.0281. The van der Waals surface area contributed by atoms with E-state index in [2.05, 4.69) is 9.36 Å². The average molecular weight is 300 g/mol. The van der Waals surface area contributed by atoms with Gasteiger partial charge in [-0.2, -0.15) is 4.37 Å². The predicted octanol–water partition coefficient (Wildman–Crippen LogP) is 3.68. The van der Waals surface area contributed by atoms with Crippen molar-refractivity contribution >= 4 is 34.9 Å². The summed E-state index contributed by atoms with van der Waals surface area (Å²) in [5.74, 6) is 0.807. The number of rotatable bonds is 4. The predicted molar refractivity (Wildman–Crippen MR) is 78.3 cm³/mol. The highest BCUT2D eigenvalue weighted by atomic mass is 35.5. The molecule has 1 heterocycles. The lowest BCUT2D eigenvalue weighted by Gasteiger charge is -2.19. The van der Waals surface area contributed by atoms with E-state index in [0.29, 0.717) is 0 Å². The maximum atomic E-state index is 6.06. The molecule has 0 radical (unpaired) electrons. The van der Waals surface area contributed by atoms with Crippen molar-refractivity contribution in [3.05, 3.63) is 40.7 Å². The van der Waals surface area contributed by atoms with Gasteiger partial charge in [-0.3, -0.25) is 0 Å². The molecular weight excluding hydrogens is 286 g/mol. The van der Waals surface area contributed by atoms with E-state index in [1.165, 1.54) is 11.5 Å². The van der Waals surface area contributed by atoms with E-state index < -0.39 is 0 Å². The number of hydrogen-bond donors (Lipinski definition) is 1. The number of benzene rings is 1. The fourth-order valence-corrected chi connectivity index (χ4v) is 3.62. The second-order valence-electron chi connectivity index (χ2n) is 4.06. The monoisotopic (exact) mass is 299 g/mol. The molecule has 0 bridgehead atoms. The second kappa shape index (κ2) is 6.02. The molecule has 2 atom stereocenters. The van der Waals surface area contributed by atoms with Gasteiger partial charge in [-0.25, -0.2) is 4.98 Å². The van der Waals surface area contributed by atoms with E-state index in [9.17, 15) is 0 Å². The van der Waals surface area contributed by atoms with E-state index in [0.717, 1.165) is 20.8 Å². The van der Waals surface area contributed by atoms with Crippen molar-refractivity contribution in [2.75, 3.05) is 0 Å². The fourth-order valence-electron chi connectivity index (χ4n) is 1.57. The Morgan fingerprint density at radius 1 is 1.33 bits per heavy atom. The van der Waals surface area contributed by atoms with Crippen molar-refractivity contribution in [1.82, 2.24) is 9.36 Å². The zero-order valence-electron chi connectivity index (χ0n) is 10.1. The zero-order chi connectivity index (χ0) is 13.1. The highest BCUT2D eigenvalue weighted by molar-refractivity contribution is 8.01. The van der Waals surface area contributed by atoms with Gasteiger partial charge in [-0.1, -0.05) is 35.5 Å². The van der Waals surface area contributed by atoms with Crippen LogP contribution in [0, 0.1) is 6.92 Å². The SMILES string of the molecule is Cc1nsc(SC(c2ccc(Cl)cc2)C(C)N)n1. The lowest BCUT2D eigenvalue weighted by atomic mass is 10.1. The third-order valence-corrected chi connectivity index (χ3v) is 5.03. The Bertz CT molecular complexity index is 510. The lowest BCUT2D eigenvalue weighted by molar-refractivity contribution is 0.721. The molecule has 2 rings (SSSR count). The Balaban J connectivity index is 2.20. The first-order chi connectivity index (χ1) is 8.56. The lowest BCUT2D eigenvalue weighted by Crippen LogP contribution is -2.22. The topological polar surface area (TPSA) is 51.8 Å². The standard InChI is InChI=1S/C12H14ClN3S2/c1-7(14)11(9-3-5-10(13)6-4-9)17-12-15-8(2)16-18-12/h3-7,11H,14H2,1-2H3. The minimum Gasteiger partial charge on any atom is -0.327 e. The first-order valence-corrected chi connectivity index (χ1v) is 7.57. The molecule has 0 saturated carbocycles. The van der Waals surface area contributed by atoms with Crippen molar-refractivity contribution in [3.63, 3.8) is 0 Å². The number of nitrogens with zero attached hydrogens (tertiary/aromatic N) is 2. The molecule has 0 spiro atoms. The highest BCUT2D eigenvalue weighted by Crippen LogP contribution is 2.38. The highest BCUT2D eigenvalue weighted by Gasteiger charge is 2.19. The van der Waals surface area contributed by atoms with Crippen LogP contribution in [-0.2, 0) is 0 Å². The average Bonchev–Trinajstić information content (AvgIpc) is 2.73. The van der Waals surface area contributed by atoms with Gasteiger partial charge in [0, 0.05) is 11.1 Å². The summed E-state index contributed by atoms with van der Waals surface area (Å²) in [4.78, 5) is 4.36. The van der Waals surface area contributed by atoms with Crippen LogP contribution >= 0.6 is 34.9 Å². The van der Waals surface area contributed by atoms with Gasteiger partial charge in [-0.05, 0) is 43.1 Å². The van der Waals surface area contributed by atoms with Crippen LogP contribution in [0.4, 0.5) is 0 Å². The van der Waals surface area contributed by atoms with Crippen molar-refractivity contribution in [1.29, 1.82) is 0 Å². The molecule has 2 aromatic rings. The molecule has 0 amide bonds. The Kier molecular flexibility index (Phi) is 4.61. The largest absolute Gasteiger partial charge is 0.327 e. The van der Waals surface area contributed by atoms with E-state index >= 15 is 0 Å².